The summed E-state index contributed by atoms with van der Waals surface area (Å²) in [6, 6.07) is 0.331. The minimum absolute atomic E-state index is 0.0118. The largest absolute Gasteiger partial charge is 0.481 e. The maximum atomic E-state index is 12.3. The number of aromatic nitrogens is 1. The number of aliphatic carboxylic acids is 1. The van der Waals surface area contributed by atoms with Crippen LogP contribution in [0.1, 0.15) is 38.3 Å². The van der Waals surface area contributed by atoms with Crippen molar-refractivity contribution in [2.24, 2.45) is 0 Å². The predicted octanol–water partition coefficient (Wildman–Crippen LogP) is 2.82. The molecule has 1 rings (SSSR count). The van der Waals surface area contributed by atoms with Crippen molar-refractivity contribution in [3.63, 3.8) is 0 Å². The van der Waals surface area contributed by atoms with Crippen LogP contribution in [0.2, 0.25) is 0 Å². The fourth-order valence-electron chi connectivity index (χ4n) is 2.13. The second kappa shape index (κ2) is 7.79. The van der Waals surface area contributed by atoms with Gasteiger partial charge in [0.25, 0.3) is 0 Å². The van der Waals surface area contributed by atoms with Crippen LogP contribution in [0.5, 0.6) is 0 Å². The molecule has 0 aliphatic rings. The number of amides is 1. The average molecular weight is 330 g/mol. The molecule has 0 saturated heterocycles. The minimum Gasteiger partial charge on any atom is -0.481 e. The second-order valence-electron chi connectivity index (χ2n) is 5.34. The monoisotopic (exact) mass is 330 g/mol. The number of carboxylic acid groups (broad SMARTS) is 1. The first-order valence-electron chi connectivity index (χ1n) is 6.84. The van der Waals surface area contributed by atoms with Crippen molar-refractivity contribution >= 4 is 35.0 Å². The van der Waals surface area contributed by atoms with E-state index in [0.29, 0.717) is 5.75 Å². The zero-order valence-corrected chi connectivity index (χ0v) is 14.7. The van der Waals surface area contributed by atoms with Crippen LogP contribution in [-0.4, -0.2) is 44.7 Å². The quantitative estimate of drug-likeness (QED) is 0.779. The normalized spacial score (nSPS) is 11.2. The molecule has 0 aliphatic carbocycles. The van der Waals surface area contributed by atoms with Crippen molar-refractivity contribution in [1.82, 2.24) is 9.88 Å². The number of hydrogen-bond donors (Lipinski definition) is 1. The van der Waals surface area contributed by atoms with E-state index in [2.05, 4.69) is 4.98 Å². The second-order valence-corrected chi connectivity index (χ2v) is 7.64. The number of thiazole rings is 1. The number of nitrogens with zero attached hydrogens (tertiary/aromatic N) is 2. The maximum Gasteiger partial charge on any atom is 0.308 e. The number of hydrogen-bond acceptors (Lipinski definition) is 5. The Morgan fingerprint density at radius 1 is 1.29 bits per heavy atom. The SMILES string of the molecule is Cc1nc(SCC(=O)N(C(C)C)C(C)C)sc1CC(=O)O. The van der Waals surface area contributed by atoms with Crippen LogP contribution in [0.15, 0.2) is 4.34 Å². The van der Waals surface area contributed by atoms with Crippen LogP contribution in [0.25, 0.3) is 0 Å². The first-order chi connectivity index (χ1) is 9.72. The van der Waals surface area contributed by atoms with Gasteiger partial charge in [0.1, 0.15) is 0 Å². The van der Waals surface area contributed by atoms with Gasteiger partial charge >= 0.3 is 5.97 Å². The molecule has 118 valence electrons. The van der Waals surface area contributed by atoms with Gasteiger partial charge in [-0.1, -0.05) is 11.8 Å². The average Bonchev–Trinajstić information content (AvgIpc) is 2.65. The molecule has 0 bridgehead atoms. The van der Waals surface area contributed by atoms with Gasteiger partial charge in [0.15, 0.2) is 4.34 Å². The van der Waals surface area contributed by atoms with Crippen LogP contribution < -0.4 is 0 Å². The molecule has 0 aliphatic heterocycles. The summed E-state index contributed by atoms with van der Waals surface area (Å²) >= 11 is 2.74. The number of thioether (sulfide) groups is 1. The molecule has 0 spiro atoms. The maximum absolute atomic E-state index is 12.3. The van der Waals surface area contributed by atoms with Crippen LogP contribution in [0, 0.1) is 6.92 Å². The Labute approximate surface area is 133 Å². The Kier molecular flexibility index (Phi) is 6.67. The summed E-state index contributed by atoms with van der Waals surface area (Å²) in [7, 11) is 0. The van der Waals surface area contributed by atoms with Crippen LogP contribution >= 0.6 is 23.1 Å². The lowest BCUT2D eigenvalue weighted by Crippen LogP contribution is -2.43. The summed E-state index contributed by atoms with van der Waals surface area (Å²) in [5, 5.41) is 8.82. The molecule has 0 atom stereocenters. The fraction of sp³-hybridized carbons (Fsp3) is 0.643. The summed E-state index contributed by atoms with van der Waals surface area (Å²) in [4.78, 5) is 29.9. The minimum atomic E-state index is -0.861. The fourth-order valence-corrected chi connectivity index (χ4v) is 4.23. The van der Waals surface area contributed by atoms with Crippen molar-refractivity contribution in [1.29, 1.82) is 0 Å². The topological polar surface area (TPSA) is 70.5 Å². The standard InChI is InChI=1S/C14H22N2O3S2/c1-8(2)16(9(3)4)12(17)7-20-14-15-10(5)11(21-14)6-13(18)19/h8-9H,6-7H2,1-5H3,(H,18,19). The van der Waals surface area contributed by atoms with Gasteiger partial charge in [-0.25, -0.2) is 4.98 Å². The number of rotatable bonds is 7. The molecule has 1 N–H and O–H groups in total. The highest BCUT2D eigenvalue weighted by Crippen LogP contribution is 2.28. The summed E-state index contributed by atoms with van der Waals surface area (Å²) in [5.74, 6) is -0.451. The lowest BCUT2D eigenvalue weighted by Gasteiger charge is -2.30. The van der Waals surface area contributed by atoms with E-state index in [9.17, 15) is 9.59 Å². The molecule has 0 unspecified atom stereocenters. The third-order valence-electron chi connectivity index (χ3n) is 2.90. The molecular formula is C14H22N2O3S2. The number of carbonyl (C=O) groups excluding carboxylic acids is 1. The Bertz CT molecular complexity index is 504. The van der Waals surface area contributed by atoms with E-state index in [1.165, 1.54) is 23.1 Å². The molecule has 0 aromatic carbocycles. The molecular weight excluding hydrogens is 308 g/mol. The smallest absolute Gasteiger partial charge is 0.308 e. The first kappa shape index (κ1) is 18.0. The molecule has 0 saturated carbocycles. The van der Waals surface area contributed by atoms with Crippen LogP contribution in [0.3, 0.4) is 0 Å². The summed E-state index contributed by atoms with van der Waals surface area (Å²) in [6.45, 7) is 9.81. The highest BCUT2D eigenvalue weighted by molar-refractivity contribution is 8.01. The lowest BCUT2D eigenvalue weighted by atomic mass is 10.2. The van der Waals surface area contributed by atoms with E-state index in [4.69, 9.17) is 5.11 Å². The van der Waals surface area contributed by atoms with E-state index >= 15 is 0 Å². The molecule has 1 heterocycles. The Morgan fingerprint density at radius 2 is 1.86 bits per heavy atom. The predicted molar refractivity (Wildman–Crippen MR) is 86.0 cm³/mol. The Balaban J connectivity index is 2.66. The van der Waals surface area contributed by atoms with Gasteiger partial charge in [0, 0.05) is 17.0 Å². The molecule has 0 radical (unpaired) electrons. The number of carbonyl (C=O) groups is 2. The van der Waals surface area contributed by atoms with Crippen molar-refractivity contribution < 1.29 is 14.7 Å². The third kappa shape index (κ3) is 5.32. The van der Waals surface area contributed by atoms with E-state index in [0.717, 1.165) is 14.9 Å². The van der Waals surface area contributed by atoms with Crippen molar-refractivity contribution in [2.75, 3.05) is 5.75 Å². The zero-order valence-electron chi connectivity index (χ0n) is 13.0. The molecule has 21 heavy (non-hydrogen) atoms. The highest BCUT2D eigenvalue weighted by Gasteiger charge is 2.21. The Morgan fingerprint density at radius 3 is 2.33 bits per heavy atom. The molecule has 1 aromatic heterocycles. The molecule has 1 amide bonds. The van der Waals surface area contributed by atoms with Gasteiger partial charge in [-0.15, -0.1) is 11.3 Å². The van der Waals surface area contributed by atoms with E-state index in [1.54, 1.807) is 6.92 Å². The van der Waals surface area contributed by atoms with Gasteiger partial charge < -0.3 is 10.0 Å². The zero-order chi connectivity index (χ0) is 16.2. The van der Waals surface area contributed by atoms with Gasteiger partial charge in [0.05, 0.1) is 17.9 Å². The van der Waals surface area contributed by atoms with Crippen molar-refractivity contribution in [2.45, 2.75) is 57.5 Å². The number of carboxylic acids is 1. The van der Waals surface area contributed by atoms with Crippen molar-refractivity contribution in [3.05, 3.63) is 10.6 Å². The van der Waals surface area contributed by atoms with E-state index in [-0.39, 0.29) is 24.4 Å². The van der Waals surface area contributed by atoms with Crippen LogP contribution in [0.4, 0.5) is 0 Å². The summed E-state index contributed by atoms with van der Waals surface area (Å²) in [5.41, 5.74) is 0.738. The van der Waals surface area contributed by atoms with E-state index in [1.807, 2.05) is 32.6 Å². The highest BCUT2D eigenvalue weighted by atomic mass is 32.2. The summed E-state index contributed by atoms with van der Waals surface area (Å²) < 4.78 is 0.754. The summed E-state index contributed by atoms with van der Waals surface area (Å²) in [6.07, 6.45) is -0.0118. The first-order valence-corrected chi connectivity index (χ1v) is 8.64. The van der Waals surface area contributed by atoms with Crippen LogP contribution in [-0.2, 0) is 16.0 Å². The van der Waals surface area contributed by atoms with Gasteiger partial charge in [-0.2, -0.15) is 0 Å². The molecule has 7 heteroatoms. The number of aryl methyl sites for hydroxylation is 1. The molecule has 0 fully saturated rings. The molecule has 1 aromatic rings. The Hall–Kier alpha value is -1.08. The van der Waals surface area contributed by atoms with Crippen molar-refractivity contribution in [3.8, 4) is 0 Å². The van der Waals surface area contributed by atoms with E-state index < -0.39 is 5.97 Å². The lowest BCUT2D eigenvalue weighted by molar-refractivity contribution is -0.136. The van der Waals surface area contributed by atoms with Gasteiger partial charge in [-0.05, 0) is 34.6 Å². The van der Waals surface area contributed by atoms with Gasteiger partial charge in [-0.3, -0.25) is 9.59 Å². The third-order valence-corrected chi connectivity index (χ3v) is 5.19. The van der Waals surface area contributed by atoms with Gasteiger partial charge in [0.2, 0.25) is 5.91 Å². The molecule has 5 nitrogen and oxygen atoms in total.